The number of benzene rings is 2. The van der Waals surface area contributed by atoms with Crippen LogP contribution in [0.4, 0.5) is 24.3 Å². The lowest BCUT2D eigenvalue weighted by Crippen LogP contribution is -2.54. The van der Waals surface area contributed by atoms with Crippen LogP contribution in [0, 0.1) is 0 Å². The predicted molar refractivity (Wildman–Crippen MR) is 167 cm³/mol. The molecule has 0 aliphatic heterocycles. The van der Waals surface area contributed by atoms with E-state index in [-0.39, 0.29) is 17.6 Å². The molecule has 0 atom stereocenters. The largest absolute Gasteiger partial charge is 0.573 e. The van der Waals surface area contributed by atoms with Crippen molar-refractivity contribution in [3.05, 3.63) is 42.0 Å². The van der Waals surface area contributed by atoms with E-state index in [0.717, 1.165) is 16.9 Å². The van der Waals surface area contributed by atoms with Crippen LogP contribution in [0.5, 0.6) is 5.75 Å². The first-order chi connectivity index (χ1) is 20.6. The summed E-state index contributed by atoms with van der Waals surface area (Å²) in [6.07, 6.45) is -4.78. The number of fused-ring (bicyclic) bond motifs is 2. The second-order valence-corrected chi connectivity index (χ2v) is 12.7. The number of aromatic nitrogens is 3. The molecular weight excluding hydrogens is 613 g/mol. The molecule has 12 nitrogen and oxygen atoms in total. The predicted octanol–water partition coefficient (Wildman–Crippen LogP) is 4.23. The number of hydrogen-bond donors (Lipinski definition) is 3. The molecule has 4 rings (SSSR count). The number of thiazole rings is 1. The highest BCUT2D eigenvalue weighted by Gasteiger charge is 2.32. The zero-order valence-electron chi connectivity index (χ0n) is 26.5. The average Bonchev–Trinajstić information content (AvgIpc) is 3.45. The molecule has 2 heterocycles. The number of carbonyl (C=O) groups excluding carboxylic acids is 3. The van der Waals surface area contributed by atoms with Crippen LogP contribution in [0.1, 0.15) is 38.1 Å². The van der Waals surface area contributed by atoms with Gasteiger partial charge in [-0.25, -0.2) is 9.97 Å². The number of rotatable bonds is 7. The van der Waals surface area contributed by atoms with E-state index in [4.69, 9.17) is 5.73 Å². The van der Waals surface area contributed by atoms with Gasteiger partial charge in [0.05, 0.1) is 26.8 Å². The summed E-state index contributed by atoms with van der Waals surface area (Å²) in [5.41, 5.74) is 5.77. The summed E-state index contributed by atoms with van der Waals surface area (Å²) in [6, 6.07) is 8.91. The van der Waals surface area contributed by atoms with Gasteiger partial charge in [0, 0.05) is 46.9 Å². The van der Waals surface area contributed by atoms with Gasteiger partial charge in [0.1, 0.15) is 11.3 Å². The maximum absolute atomic E-state index is 12.8. The molecule has 0 fully saturated rings. The van der Waals surface area contributed by atoms with Gasteiger partial charge in [0.2, 0.25) is 17.8 Å². The highest BCUT2D eigenvalue weighted by Crippen LogP contribution is 2.33. The van der Waals surface area contributed by atoms with Gasteiger partial charge in [0.15, 0.2) is 5.13 Å². The van der Waals surface area contributed by atoms with Gasteiger partial charge in [-0.15, -0.1) is 13.2 Å². The fraction of sp³-hybridized carbons (Fsp3) is 0.414. The highest BCUT2D eigenvalue weighted by atomic mass is 32.1. The first-order valence-electron chi connectivity index (χ1n) is 13.5. The van der Waals surface area contributed by atoms with Crippen molar-refractivity contribution in [2.24, 2.45) is 12.8 Å². The number of likely N-dealkylation sites (N-methyl/N-ethyl adjacent to an activating group) is 2. The van der Waals surface area contributed by atoms with Crippen molar-refractivity contribution in [3.8, 4) is 5.75 Å². The third-order valence-electron chi connectivity index (χ3n) is 6.28. The molecule has 2 aromatic heterocycles. The molecular formula is C29H37F3N8O4S. The quantitative estimate of drug-likeness (QED) is 0.269. The number of imidazole rings is 1. The maximum Gasteiger partial charge on any atom is 0.573 e. The van der Waals surface area contributed by atoms with Crippen LogP contribution in [0.25, 0.3) is 21.3 Å². The van der Waals surface area contributed by atoms with Crippen LogP contribution >= 0.6 is 11.3 Å². The second kappa shape index (κ2) is 12.9. The van der Waals surface area contributed by atoms with Gasteiger partial charge < -0.3 is 35.5 Å². The number of alkyl halides is 3. The minimum atomic E-state index is -4.78. The molecule has 0 aliphatic rings. The monoisotopic (exact) mass is 650 g/mol. The molecule has 2 aromatic carbocycles. The van der Waals surface area contributed by atoms with E-state index in [0.29, 0.717) is 32.4 Å². The molecule has 0 saturated carbocycles. The zero-order chi connectivity index (χ0) is 34.1. The molecule has 0 spiro atoms. The number of halogens is 3. The zero-order valence-corrected chi connectivity index (χ0v) is 27.3. The van der Waals surface area contributed by atoms with Gasteiger partial charge in [-0.2, -0.15) is 0 Å². The van der Waals surface area contributed by atoms with Crippen molar-refractivity contribution in [1.29, 1.82) is 0 Å². The summed E-state index contributed by atoms with van der Waals surface area (Å²) < 4.78 is 43.8. The number of aryl methyl sites for hydroxylation is 1. The Bertz CT molecular complexity index is 1720. The minimum absolute atomic E-state index is 0.0532. The fourth-order valence-electron chi connectivity index (χ4n) is 4.25. The van der Waals surface area contributed by atoms with E-state index < -0.39 is 23.3 Å². The van der Waals surface area contributed by atoms with Crippen molar-refractivity contribution in [2.75, 3.05) is 33.5 Å². The Morgan fingerprint density at radius 3 is 2.07 bits per heavy atom. The number of nitrogens with one attached hydrogen (secondary N) is 2. The molecule has 45 heavy (non-hydrogen) atoms. The minimum Gasteiger partial charge on any atom is -0.406 e. The molecule has 0 radical (unpaired) electrons. The normalized spacial score (nSPS) is 11.9. The number of hydrogen-bond acceptors (Lipinski definition) is 9. The van der Waals surface area contributed by atoms with Crippen LogP contribution in [-0.2, 0) is 16.6 Å². The number of ether oxygens (including phenoxy) is 1. The van der Waals surface area contributed by atoms with Crippen LogP contribution < -0.4 is 21.1 Å². The Kier molecular flexibility index (Phi) is 10.0. The van der Waals surface area contributed by atoms with E-state index >= 15 is 0 Å². The number of carbonyl (C=O) groups is 3. The summed E-state index contributed by atoms with van der Waals surface area (Å²) in [5.74, 6) is -0.609. The summed E-state index contributed by atoms with van der Waals surface area (Å²) in [4.78, 5) is 47.9. The number of anilines is 2. The Labute approximate surface area is 262 Å². The molecule has 244 valence electrons. The summed E-state index contributed by atoms with van der Waals surface area (Å²) in [6.45, 7) is 6.64. The van der Waals surface area contributed by atoms with Gasteiger partial charge in [0.25, 0.3) is 5.91 Å². The van der Waals surface area contributed by atoms with Crippen molar-refractivity contribution >= 4 is 61.4 Å². The van der Waals surface area contributed by atoms with Crippen molar-refractivity contribution in [3.63, 3.8) is 0 Å². The van der Waals surface area contributed by atoms with E-state index in [1.54, 1.807) is 85.7 Å². The first kappa shape index (κ1) is 35.0. The van der Waals surface area contributed by atoms with Crippen LogP contribution in [0.2, 0.25) is 0 Å². The van der Waals surface area contributed by atoms with Crippen LogP contribution in [0.3, 0.4) is 0 Å². The molecule has 0 bridgehead atoms. The number of nitrogens with zero attached hydrogens (tertiary/aromatic N) is 5. The van der Waals surface area contributed by atoms with E-state index in [2.05, 4.69) is 25.3 Å². The molecule has 4 N–H and O–H groups in total. The summed E-state index contributed by atoms with van der Waals surface area (Å²) in [5, 5.41) is 6.25. The number of amides is 3. The fourth-order valence-corrected chi connectivity index (χ4v) is 5.14. The summed E-state index contributed by atoms with van der Waals surface area (Å²) >= 11 is 1.15. The van der Waals surface area contributed by atoms with Crippen LogP contribution in [0.15, 0.2) is 36.4 Å². The Hall–Kier alpha value is -4.44. The first-order valence-corrected chi connectivity index (χ1v) is 14.4. The van der Waals surface area contributed by atoms with Crippen molar-refractivity contribution < 1.29 is 32.3 Å². The highest BCUT2D eigenvalue weighted by molar-refractivity contribution is 7.22. The molecule has 0 unspecified atom stereocenters. The molecule has 0 saturated heterocycles. The lowest BCUT2D eigenvalue weighted by molar-refractivity contribution is -0.274. The second-order valence-electron chi connectivity index (χ2n) is 11.7. The van der Waals surface area contributed by atoms with Gasteiger partial charge in [-0.3, -0.25) is 14.4 Å². The smallest absolute Gasteiger partial charge is 0.406 e. The topological polar surface area (TPSA) is 148 Å². The molecule has 0 aliphatic carbocycles. The third-order valence-corrected chi connectivity index (χ3v) is 7.21. The maximum atomic E-state index is 12.8. The SMILES string of the molecule is CN(C)C(=O)C(C)(C)N.CN(C)C(=O)C(C)(C)NC(=O)c1ccc2c(c1)nc(Nc1nc3ccc(OC(F)(F)F)cc3s1)n2C. The van der Waals surface area contributed by atoms with Gasteiger partial charge in [-0.1, -0.05) is 11.3 Å². The summed E-state index contributed by atoms with van der Waals surface area (Å²) in [7, 11) is 8.39. The Balaban J connectivity index is 0.000000535. The lowest BCUT2D eigenvalue weighted by atomic mass is 10.0. The van der Waals surface area contributed by atoms with E-state index in [9.17, 15) is 27.6 Å². The lowest BCUT2D eigenvalue weighted by Gasteiger charge is -2.28. The molecule has 16 heteroatoms. The molecule has 4 aromatic rings. The standard InChI is InChI=1S/C23H23F3N6O3S.C6H14N2O/c1-22(2,19(34)31(3)4)30-18(33)12-6-9-16-15(10-12)27-20(32(16)5)29-21-28-14-8-7-13(11-17(14)36-21)35-23(24,25)26;1-6(2,7)5(9)8(3)4/h6-11H,1-5H3,(H,30,33)(H,27,28,29);7H2,1-4H3. The average molecular weight is 651 g/mol. The van der Waals surface area contributed by atoms with Crippen LogP contribution in [-0.4, -0.2) is 87.7 Å². The van der Waals surface area contributed by atoms with E-state index in [1.165, 1.54) is 28.0 Å². The Morgan fingerprint density at radius 1 is 0.911 bits per heavy atom. The Morgan fingerprint density at radius 2 is 1.53 bits per heavy atom. The van der Waals surface area contributed by atoms with Gasteiger partial charge in [-0.05, 0) is 58.0 Å². The van der Waals surface area contributed by atoms with E-state index in [1.807, 2.05) is 0 Å². The molecule has 3 amide bonds. The number of nitrogens with two attached hydrogens (primary N) is 1. The van der Waals surface area contributed by atoms with Gasteiger partial charge >= 0.3 is 6.36 Å². The third kappa shape index (κ3) is 8.82. The van der Waals surface area contributed by atoms with Crippen molar-refractivity contribution in [2.45, 2.75) is 45.1 Å². The van der Waals surface area contributed by atoms with Crippen molar-refractivity contribution in [1.82, 2.24) is 29.7 Å².